The first-order valence-electron chi connectivity index (χ1n) is 6.92. The number of hydrogen-bond donors (Lipinski definition) is 1. The van der Waals surface area contributed by atoms with Crippen molar-refractivity contribution < 1.29 is 0 Å². The van der Waals surface area contributed by atoms with Crippen LogP contribution >= 0.6 is 0 Å². The Morgan fingerprint density at radius 2 is 1.58 bits per heavy atom. The number of H-pyrrole nitrogens is 1. The summed E-state index contributed by atoms with van der Waals surface area (Å²) in [7, 11) is 0. The highest BCUT2D eigenvalue weighted by atomic mass is 14.7. The van der Waals surface area contributed by atoms with Gasteiger partial charge in [-0.3, -0.25) is 0 Å². The number of nitrogens with one attached hydrogen (secondary N) is 1. The molecule has 0 radical (unpaired) electrons. The van der Waals surface area contributed by atoms with E-state index < -0.39 is 0 Å². The highest BCUT2D eigenvalue weighted by Gasteiger charge is 2.05. The van der Waals surface area contributed by atoms with Crippen LogP contribution in [0.15, 0.2) is 47.7 Å². The van der Waals surface area contributed by atoms with Crippen molar-refractivity contribution in [1.82, 2.24) is 4.98 Å². The first kappa shape index (κ1) is 13.7. The van der Waals surface area contributed by atoms with E-state index >= 15 is 0 Å². The summed E-state index contributed by atoms with van der Waals surface area (Å²) in [4.78, 5) is 3.45. The monoisotopic (exact) mass is 253 g/mol. The van der Waals surface area contributed by atoms with Crippen molar-refractivity contribution in [3.05, 3.63) is 58.8 Å². The fourth-order valence-corrected chi connectivity index (χ4v) is 2.24. The quantitative estimate of drug-likeness (QED) is 0.722. The van der Waals surface area contributed by atoms with E-state index in [-0.39, 0.29) is 0 Å². The van der Waals surface area contributed by atoms with Gasteiger partial charge in [-0.2, -0.15) is 0 Å². The van der Waals surface area contributed by atoms with Crippen LogP contribution in [0.1, 0.15) is 38.8 Å². The maximum Gasteiger partial charge on any atom is 0.0492 e. The lowest BCUT2D eigenvalue weighted by molar-refractivity contribution is 1.22. The van der Waals surface area contributed by atoms with Gasteiger partial charge in [0.05, 0.1) is 0 Å². The van der Waals surface area contributed by atoms with E-state index in [1.54, 1.807) is 0 Å². The molecule has 0 saturated heterocycles. The van der Waals surface area contributed by atoms with E-state index in [1.165, 1.54) is 33.2 Å². The van der Waals surface area contributed by atoms with Crippen LogP contribution in [0.5, 0.6) is 0 Å². The Labute approximate surface area is 116 Å². The minimum Gasteiger partial charge on any atom is -0.361 e. The molecular weight excluding hydrogens is 230 g/mol. The Balaban J connectivity index is 2.36. The van der Waals surface area contributed by atoms with E-state index in [2.05, 4.69) is 69.2 Å². The number of para-hydroxylation sites is 1. The average Bonchev–Trinajstić information content (AvgIpc) is 2.77. The van der Waals surface area contributed by atoms with E-state index in [4.69, 9.17) is 0 Å². The molecule has 2 rings (SSSR count). The maximum absolute atomic E-state index is 3.45. The molecule has 1 heterocycles. The van der Waals surface area contributed by atoms with Crippen LogP contribution in [0.2, 0.25) is 0 Å². The minimum atomic E-state index is 1.00. The molecule has 0 atom stereocenters. The molecule has 1 nitrogen and oxygen atoms in total. The van der Waals surface area contributed by atoms with Crippen LogP contribution in [-0.2, 0) is 12.8 Å². The summed E-state index contributed by atoms with van der Waals surface area (Å²) in [5, 5.41) is 1.36. The van der Waals surface area contributed by atoms with E-state index in [0.29, 0.717) is 0 Å². The lowest BCUT2D eigenvalue weighted by Crippen LogP contribution is -1.85. The fraction of sp³-hybridized carbons (Fsp3) is 0.333. The van der Waals surface area contributed by atoms with E-state index in [0.717, 1.165) is 12.8 Å². The zero-order chi connectivity index (χ0) is 13.8. The van der Waals surface area contributed by atoms with Crippen molar-refractivity contribution in [3.8, 4) is 0 Å². The summed E-state index contributed by atoms with van der Waals surface area (Å²) >= 11 is 0. The van der Waals surface area contributed by atoms with E-state index in [1.807, 2.05) is 0 Å². The zero-order valence-corrected chi connectivity index (χ0v) is 12.4. The van der Waals surface area contributed by atoms with Crippen molar-refractivity contribution in [2.75, 3.05) is 0 Å². The summed E-state index contributed by atoms with van der Waals surface area (Å²) in [5.41, 5.74) is 6.79. The van der Waals surface area contributed by atoms with Crippen molar-refractivity contribution >= 4 is 10.9 Å². The van der Waals surface area contributed by atoms with Crippen molar-refractivity contribution in [2.45, 2.75) is 40.5 Å². The lowest BCUT2D eigenvalue weighted by Gasteiger charge is -2.01. The second kappa shape index (κ2) is 5.92. The van der Waals surface area contributed by atoms with Gasteiger partial charge in [-0.05, 0) is 51.7 Å². The Hall–Kier alpha value is -1.76. The molecule has 0 aliphatic carbocycles. The predicted octanol–water partition coefficient (Wildman–Crippen LogP) is 5.19. The average molecular weight is 253 g/mol. The van der Waals surface area contributed by atoms with Gasteiger partial charge in [0.25, 0.3) is 0 Å². The van der Waals surface area contributed by atoms with Crippen LogP contribution in [0.4, 0.5) is 0 Å². The number of aromatic amines is 1. The van der Waals surface area contributed by atoms with Gasteiger partial charge in [-0.1, -0.05) is 41.5 Å². The largest absolute Gasteiger partial charge is 0.361 e. The van der Waals surface area contributed by atoms with Gasteiger partial charge in [0.2, 0.25) is 0 Å². The molecule has 2 aromatic rings. The Morgan fingerprint density at radius 3 is 2.21 bits per heavy atom. The third-order valence-electron chi connectivity index (χ3n) is 3.35. The molecule has 1 N–H and O–H groups in total. The molecular formula is C18H23N. The molecule has 0 saturated carbocycles. The van der Waals surface area contributed by atoms with Gasteiger partial charge in [-0.15, -0.1) is 0 Å². The maximum atomic E-state index is 3.45. The molecule has 100 valence electrons. The predicted molar refractivity (Wildman–Crippen MR) is 84.6 cm³/mol. The van der Waals surface area contributed by atoms with Gasteiger partial charge in [0.1, 0.15) is 0 Å². The van der Waals surface area contributed by atoms with Crippen molar-refractivity contribution in [3.63, 3.8) is 0 Å². The Morgan fingerprint density at radius 1 is 0.947 bits per heavy atom. The van der Waals surface area contributed by atoms with Crippen molar-refractivity contribution in [2.24, 2.45) is 0 Å². The second-order valence-electron chi connectivity index (χ2n) is 5.62. The second-order valence-corrected chi connectivity index (χ2v) is 5.62. The van der Waals surface area contributed by atoms with Gasteiger partial charge in [0, 0.05) is 17.1 Å². The third kappa shape index (κ3) is 3.37. The van der Waals surface area contributed by atoms with Crippen LogP contribution in [0.3, 0.4) is 0 Å². The molecule has 0 unspecified atom stereocenters. The third-order valence-corrected chi connectivity index (χ3v) is 3.35. The molecule has 0 spiro atoms. The molecule has 1 aromatic heterocycles. The SMILES string of the molecule is CC(C)=CCc1c[nH]c2c(CC=C(C)C)cccc12. The molecule has 0 aliphatic rings. The summed E-state index contributed by atoms with van der Waals surface area (Å²) in [6.07, 6.45) is 8.73. The first-order chi connectivity index (χ1) is 9.08. The highest BCUT2D eigenvalue weighted by molar-refractivity contribution is 5.86. The lowest BCUT2D eigenvalue weighted by atomic mass is 10.0. The van der Waals surface area contributed by atoms with Crippen LogP contribution < -0.4 is 0 Å². The zero-order valence-electron chi connectivity index (χ0n) is 12.4. The number of aromatic nitrogens is 1. The van der Waals surface area contributed by atoms with E-state index in [9.17, 15) is 0 Å². The number of hydrogen-bond acceptors (Lipinski definition) is 0. The molecule has 0 aliphatic heterocycles. The van der Waals surface area contributed by atoms with Gasteiger partial charge in [0.15, 0.2) is 0 Å². The molecule has 1 heteroatoms. The molecule has 1 aromatic carbocycles. The number of fused-ring (bicyclic) bond motifs is 1. The van der Waals surface area contributed by atoms with Crippen LogP contribution in [-0.4, -0.2) is 4.98 Å². The first-order valence-corrected chi connectivity index (χ1v) is 6.92. The molecule has 0 fully saturated rings. The topological polar surface area (TPSA) is 15.8 Å². The van der Waals surface area contributed by atoms with Crippen LogP contribution in [0, 0.1) is 0 Å². The van der Waals surface area contributed by atoms with Crippen molar-refractivity contribution in [1.29, 1.82) is 0 Å². The summed E-state index contributed by atoms with van der Waals surface area (Å²) < 4.78 is 0. The minimum absolute atomic E-state index is 1.00. The Bertz CT molecular complexity index is 618. The summed E-state index contributed by atoms with van der Waals surface area (Å²) in [6.45, 7) is 8.59. The normalized spacial score (nSPS) is 10.5. The fourth-order valence-electron chi connectivity index (χ4n) is 2.24. The molecule has 0 bridgehead atoms. The number of allylic oxidation sites excluding steroid dienone is 4. The molecule has 0 amide bonds. The van der Waals surface area contributed by atoms with Gasteiger partial charge in [-0.25, -0.2) is 0 Å². The Kier molecular flexibility index (Phi) is 4.26. The number of rotatable bonds is 4. The highest BCUT2D eigenvalue weighted by Crippen LogP contribution is 2.23. The summed E-state index contributed by atoms with van der Waals surface area (Å²) in [5.74, 6) is 0. The summed E-state index contributed by atoms with van der Waals surface area (Å²) in [6, 6.07) is 6.59. The van der Waals surface area contributed by atoms with Gasteiger partial charge >= 0.3 is 0 Å². The standard InChI is InChI=1S/C18H23N/c1-13(2)8-10-15-6-5-7-17-16(11-9-14(3)4)12-19-18(15)17/h5-9,12,19H,10-11H2,1-4H3. The smallest absolute Gasteiger partial charge is 0.0492 e. The van der Waals surface area contributed by atoms with Gasteiger partial charge < -0.3 is 4.98 Å². The van der Waals surface area contributed by atoms with Crippen LogP contribution in [0.25, 0.3) is 10.9 Å². The number of benzene rings is 1. The molecule has 19 heavy (non-hydrogen) atoms.